The molecule has 0 aliphatic heterocycles. The Balaban J connectivity index is 2.76. The minimum Gasteiger partial charge on any atom is -0.370 e. The maximum absolute atomic E-state index is 13.3. The second-order valence-corrected chi connectivity index (χ2v) is 3.97. The van der Waals surface area contributed by atoms with E-state index in [0.29, 0.717) is 0 Å². The molecule has 0 saturated carbocycles. The van der Waals surface area contributed by atoms with E-state index < -0.39 is 16.4 Å². The minimum atomic E-state index is -0.936. The molecule has 0 radical (unpaired) electrons. The first-order valence-electron chi connectivity index (χ1n) is 5.38. The lowest BCUT2D eigenvalue weighted by molar-refractivity contribution is -0.386. The fourth-order valence-electron chi connectivity index (χ4n) is 1.39. The topological polar surface area (TPSA) is 84.3 Å². The number of para-hydroxylation sites is 1. The number of hydrogen-bond acceptors (Lipinski definition) is 4. The Morgan fingerprint density at radius 1 is 1.50 bits per heavy atom. The Labute approximate surface area is 103 Å². The van der Waals surface area contributed by atoms with Crippen molar-refractivity contribution < 1.29 is 14.1 Å². The van der Waals surface area contributed by atoms with Gasteiger partial charge in [-0.25, -0.2) is 0 Å². The van der Waals surface area contributed by atoms with Crippen LogP contribution in [0.5, 0.6) is 0 Å². The van der Waals surface area contributed by atoms with Crippen LogP contribution in [0.15, 0.2) is 18.2 Å². The van der Waals surface area contributed by atoms with E-state index in [1.54, 1.807) is 13.8 Å². The molecule has 2 N–H and O–H groups in total. The highest BCUT2D eigenvalue weighted by Gasteiger charge is 2.19. The number of anilines is 1. The van der Waals surface area contributed by atoms with Crippen molar-refractivity contribution in [3.8, 4) is 0 Å². The molecule has 0 fully saturated rings. The smallest absolute Gasteiger partial charge is 0.327 e. The number of amides is 1. The molecule has 0 aliphatic carbocycles. The van der Waals surface area contributed by atoms with Gasteiger partial charge in [-0.05, 0) is 26.0 Å². The van der Waals surface area contributed by atoms with Crippen molar-refractivity contribution in [2.75, 3.05) is 11.9 Å². The fraction of sp³-hybridized carbons (Fsp3) is 0.364. The molecule has 1 rings (SSSR count). The van der Waals surface area contributed by atoms with Crippen molar-refractivity contribution in [1.29, 1.82) is 0 Å². The molecule has 0 atom stereocenters. The highest BCUT2D eigenvalue weighted by molar-refractivity contribution is 5.81. The van der Waals surface area contributed by atoms with Crippen LogP contribution < -0.4 is 10.6 Å². The first-order valence-corrected chi connectivity index (χ1v) is 5.38. The average Bonchev–Trinajstić information content (AvgIpc) is 2.24. The molecular weight excluding hydrogens is 241 g/mol. The van der Waals surface area contributed by atoms with Gasteiger partial charge in [0.2, 0.25) is 11.7 Å². The molecule has 0 saturated heterocycles. The van der Waals surface area contributed by atoms with Gasteiger partial charge in [-0.3, -0.25) is 14.9 Å². The summed E-state index contributed by atoms with van der Waals surface area (Å²) >= 11 is 0. The van der Waals surface area contributed by atoms with Gasteiger partial charge in [0.15, 0.2) is 0 Å². The summed E-state index contributed by atoms with van der Waals surface area (Å²) in [6.07, 6.45) is 0. The van der Waals surface area contributed by atoms with E-state index in [4.69, 9.17) is 0 Å². The van der Waals surface area contributed by atoms with E-state index in [-0.39, 0.29) is 24.2 Å². The molecule has 0 spiro atoms. The number of halogens is 1. The third-order valence-electron chi connectivity index (χ3n) is 2.06. The Morgan fingerprint density at radius 2 is 2.17 bits per heavy atom. The van der Waals surface area contributed by atoms with Crippen LogP contribution in [-0.4, -0.2) is 23.4 Å². The second-order valence-electron chi connectivity index (χ2n) is 3.97. The normalized spacial score (nSPS) is 10.2. The van der Waals surface area contributed by atoms with Gasteiger partial charge in [-0.2, -0.15) is 4.39 Å². The maximum atomic E-state index is 13.3. The van der Waals surface area contributed by atoms with Crippen LogP contribution in [0.25, 0.3) is 0 Å². The summed E-state index contributed by atoms with van der Waals surface area (Å²) in [4.78, 5) is 21.2. The van der Waals surface area contributed by atoms with Gasteiger partial charge >= 0.3 is 5.69 Å². The lowest BCUT2D eigenvalue weighted by atomic mass is 10.2. The maximum Gasteiger partial charge on any atom is 0.327 e. The predicted octanol–water partition coefficient (Wildman–Crippen LogP) is 1.67. The second kappa shape index (κ2) is 5.95. The highest BCUT2D eigenvalue weighted by Crippen LogP contribution is 2.26. The number of rotatable bonds is 5. The Hall–Kier alpha value is -2.18. The van der Waals surface area contributed by atoms with Crippen LogP contribution in [-0.2, 0) is 4.79 Å². The zero-order valence-corrected chi connectivity index (χ0v) is 10.1. The van der Waals surface area contributed by atoms with E-state index in [9.17, 15) is 19.3 Å². The quantitative estimate of drug-likeness (QED) is 0.619. The Bertz CT molecular complexity index is 463. The van der Waals surface area contributed by atoms with Crippen LogP contribution in [0, 0.1) is 15.9 Å². The van der Waals surface area contributed by atoms with Gasteiger partial charge in [0.1, 0.15) is 5.69 Å². The zero-order valence-electron chi connectivity index (χ0n) is 10.1. The number of carbonyl (C=O) groups excluding carboxylic acids is 1. The Kier molecular flexibility index (Phi) is 4.59. The van der Waals surface area contributed by atoms with Gasteiger partial charge in [0.25, 0.3) is 0 Å². The molecule has 98 valence electrons. The molecule has 0 unspecified atom stereocenters. The first kappa shape index (κ1) is 13.9. The van der Waals surface area contributed by atoms with Gasteiger partial charge in [0, 0.05) is 6.04 Å². The molecule has 6 nitrogen and oxygen atoms in total. The summed E-state index contributed by atoms with van der Waals surface area (Å²) in [5, 5.41) is 15.8. The van der Waals surface area contributed by atoms with E-state index in [2.05, 4.69) is 10.6 Å². The largest absolute Gasteiger partial charge is 0.370 e. The number of nitrogens with one attached hydrogen (secondary N) is 2. The van der Waals surface area contributed by atoms with Gasteiger partial charge < -0.3 is 10.6 Å². The highest BCUT2D eigenvalue weighted by atomic mass is 19.1. The molecule has 1 amide bonds. The van der Waals surface area contributed by atoms with Crippen molar-refractivity contribution in [1.82, 2.24) is 5.32 Å². The molecule has 18 heavy (non-hydrogen) atoms. The van der Waals surface area contributed by atoms with Gasteiger partial charge in [-0.15, -0.1) is 0 Å². The fourth-order valence-corrected chi connectivity index (χ4v) is 1.39. The molecule has 0 heterocycles. The summed E-state index contributed by atoms with van der Waals surface area (Å²) in [6, 6.07) is 3.66. The SMILES string of the molecule is CC(C)NC(=O)CNc1cccc(F)c1[N+](=O)[O-]. The molecule has 1 aromatic rings. The summed E-state index contributed by atoms with van der Waals surface area (Å²) in [6.45, 7) is 3.44. The van der Waals surface area contributed by atoms with Crippen molar-refractivity contribution >= 4 is 17.3 Å². The lowest BCUT2D eigenvalue weighted by Gasteiger charge is -2.10. The van der Waals surface area contributed by atoms with Gasteiger partial charge in [0.05, 0.1) is 11.5 Å². The van der Waals surface area contributed by atoms with Crippen LogP contribution >= 0.6 is 0 Å². The van der Waals surface area contributed by atoms with Crippen molar-refractivity contribution in [3.63, 3.8) is 0 Å². The third-order valence-corrected chi connectivity index (χ3v) is 2.06. The molecule has 0 aromatic heterocycles. The van der Waals surface area contributed by atoms with Crippen LogP contribution in [0.1, 0.15) is 13.8 Å². The molecule has 7 heteroatoms. The number of carbonyl (C=O) groups is 1. The van der Waals surface area contributed by atoms with Crippen LogP contribution in [0.4, 0.5) is 15.8 Å². The van der Waals surface area contributed by atoms with E-state index in [0.717, 1.165) is 6.07 Å². The van der Waals surface area contributed by atoms with E-state index in [1.807, 2.05) is 0 Å². The van der Waals surface area contributed by atoms with Crippen molar-refractivity contribution in [3.05, 3.63) is 34.1 Å². The summed E-state index contributed by atoms with van der Waals surface area (Å²) in [7, 11) is 0. The number of nitro benzene ring substituents is 1. The average molecular weight is 255 g/mol. The predicted molar refractivity (Wildman–Crippen MR) is 64.8 cm³/mol. The number of hydrogen-bond donors (Lipinski definition) is 2. The molecule has 1 aromatic carbocycles. The molecule has 0 bridgehead atoms. The zero-order chi connectivity index (χ0) is 13.7. The van der Waals surface area contributed by atoms with E-state index >= 15 is 0 Å². The monoisotopic (exact) mass is 255 g/mol. The third kappa shape index (κ3) is 3.69. The number of nitro groups is 1. The lowest BCUT2D eigenvalue weighted by Crippen LogP contribution is -2.34. The summed E-state index contributed by atoms with van der Waals surface area (Å²) < 4.78 is 13.3. The van der Waals surface area contributed by atoms with Crippen LogP contribution in [0.2, 0.25) is 0 Å². The number of nitrogens with zero attached hydrogens (tertiary/aromatic N) is 1. The summed E-state index contributed by atoms with van der Waals surface area (Å²) in [5.41, 5.74) is -0.672. The van der Waals surface area contributed by atoms with E-state index in [1.165, 1.54) is 12.1 Å². The van der Waals surface area contributed by atoms with Crippen molar-refractivity contribution in [2.24, 2.45) is 0 Å². The molecule has 0 aliphatic rings. The standard InChI is InChI=1S/C11H14FN3O3/c1-7(2)14-10(16)6-13-9-5-3-4-8(12)11(9)15(17)18/h3-5,7,13H,6H2,1-2H3,(H,14,16). The summed E-state index contributed by atoms with van der Waals surface area (Å²) in [5.74, 6) is -1.25. The minimum absolute atomic E-state index is 0.0149. The number of benzene rings is 1. The van der Waals surface area contributed by atoms with Gasteiger partial charge in [-0.1, -0.05) is 6.07 Å². The van der Waals surface area contributed by atoms with Crippen molar-refractivity contribution in [2.45, 2.75) is 19.9 Å². The van der Waals surface area contributed by atoms with Crippen LogP contribution in [0.3, 0.4) is 0 Å². The Morgan fingerprint density at radius 3 is 2.72 bits per heavy atom. The molecular formula is C11H14FN3O3. The first-order chi connectivity index (χ1) is 8.41.